The van der Waals surface area contributed by atoms with E-state index in [0.717, 1.165) is 0 Å². The van der Waals surface area contributed by atoms with Gasteiger partial charge in [0.1, 0.15) is 12.1 Å². The van der Waals surface area contributed by atoms with Gasteiger partial charge < -0.3 is 26.0 Å². The quantitative estimate of drug-likeness (QED) is 0.306. The van der Waals surface area contributed by atoms with E-state index in [2.05, 4.69) is 10.6 Å². The van der Waals surface area contributed by atoms with Gasteiger partial charge in [-0.25, -0.2) is 9.59 Å². The SMILES string of the molecule is CC(C)C[C@H](NC(=O)c1ccc(C[C@H](NC(=O)[C@H]2CC[C@@](C)(C(=O)O)C2(C)C)C(=O)O)cc1)C(=O)O. The van der Waals surface area contributed by atoms with Gasteiger partial charge >= 0.3 is 17.9 Å². The number of rotatable bonds is 11. The van der Waals surface area contributed by atoms with Crippen molar-refractivity contribution in [2.45, 2.75) is 72.4 Å². The largest absolute Gasteiger partial charge is 0.481 e. The first kappa shape index (κ1) is 28.8. The molecule has 2 amide bonds. The predicted octanol–water partition coefficient (Wildman–Crippen LogP) is 2.55. The molecule has 4 atom stereocenters. The molecule has 0 spiro atoms. The number of carboxylic acids is 3. The first-order valence-electron chi connectivity index (χ1n) is 12.0. The summed E-state index contributed by atoms with van der Waals surface area (Å²) < 4.78 is 0. The lowest BCUT2D eigenvalue weighted by Crippen LogP contribution is -2.49. The van der Waals surface area contributed by atoms with E-state index in [1.54, 1.807) is 32.9 Å². The number of hydrogen-bond donors (Lipinski definition) is 5. The van der Waals surface area contributed by atoms with Crippen LogP contribution in [-0.4, -0.2) is 57.1 Å². The van der Waals surface area contributed by atoms with Crippen molar-refractivity contribution in [1.29, 1.82) is 0 Å². The highest BCUT2D eigenvalue weighted by Crippen LogP contribution is 2.56. The topological polar surface area (TPSA) is 170 Å². The Morgan fingerprint density at radius 3 is 1.92 bits per heavy atom. The van der Waals surface area contributed by atoms with Gasteiger partial charge in [-0.3, -0.25) is 14.4 Å². The number of carbonyl (C=O) groups excluding carboxylic acids is 2. The zero-order valence-corrected chi connectivity index (χ0v) is 21.3. The van der Waals surface area contributed by atoms with E-state index in [1.165, 1.54) is 12.1 Å². The zero-order chi connectivity index (χ0) is 27.4. The lowest BCUT2D eigenvalue weighted by molar-refractivity contribution is -0.155. The van der Waals surface area contributed by atoms with Gasteiger partial charge in [0.2, 0.25) is 5.91 Å². The number of carboxylic acid groups (broad SMARTS) is 3. The summed E-state index contributed by atoms with van der Waals surface area (Å²) in [6.07, 6.45) is 0.889. The summed E-state index contributed by atoms with van der Waals surface area (Å²) in [7, 11) is 0. The van der Waals surface area contributed by atoms with Crippen LogP contribution in [0.2, 0.25) is 0 Å². The smallest absolute Gasteiger partial charge is 0.326 e. The summed E-state index contributed by atoms with van der Waals surface area (Å²) in [4.78, 5) is 60.5. The van der Waals surface area contributed by atoms with Gasteiger partial charge in [0.25, 0.3) is 5.91 Å². The number of aliphatic carboxylic acids is 3. The summed E-state index contributed by atoms with van der Waals surface area (Å²) >= 11 is 0. The maximum absolute atomic E-state index is 13.0. The Balaban J connectivity index is 2.08. The molecule has 2 rings (SSSR count). The molecule has 10 heteroatoms. The summed E-state index contributed by atoms with van der Waals surface area (Å²) in [6.45, 7) is 8.75. The monoisotopic (exact) mass is 504 g/mol. The molecule has 1 aliphatic carbocycles. The molecule has 0 unspecified atom stereocenters. The van der Waals surface area contributed by atoms with Gasteiger partial charge in [0.15, 0.2) is 0 Å². The summed E-state index contributed by atoms with van der Waals surface area (Å²) in [6, 6.07) is 3.78. The van der Waals surface area contributed by atoms with Crippen molar-refractivity contribution in [1.82, 2.24) is 10.6 Å². The lowest BCUT2D eigenvalue weighted by Gasteiger charge is -2.38. The van der Waals surface area contributed by atoms with Crippen molar-refractivity contribution in [3.63, 3.8) is 0 Å². The molecular formula is C26H36N2O8. The molecule has 1 aliphatic rings. The molecule has 1 fully saturated rings. The molecule has 1 aromatic carbocycles. The summed E-state index contributed by atoms with van der Waals surface area (Å²) in [5.41, 5.74) is -1.19. The van der Waals surface area contributed by atoms with E-state index in [9.17, 15) is 39.3 Å². The molecule has 1 aromatic rings. The van der Waals surface area contributed by atoms with Crippen molar-refractivity contribution >= 4 is 29.7 Å². The van der Waals surface area contributed by atoms with E-state index >= 15 is 0 Å². The van der Waals surface area contributed by atoms with Gasteiger partial charge in [0, 0.05) is 17.9 Å². The third-order valence-corrected chi connectivity index (χ3v) is 7.60. The van der Waals surface area contributed by atoms with Crippen molar-refractivity contribution < 1.29 is 39.3 Å². The van der Waals surface area contributed by atoms with Crippen LogP contribution in [0.3, 0.4) is 0 Å². The van der Waals surface area contributed by atoms with E-state index in [1.807, 2.05) is 13.8 Å². The van der Waals surface area contributed by atoms with E-state index < -0.39 is 58.6 Å². The van der Waals surface area contributed by atoms with E-state index in [4.69, 9.17) is 0 Å². The standard InChI is InChI=1S/C26H36N2O8/c1-14(2)12-18(22(31)32)27-20(29)16-8-6-15(7-9-16)13-19(23(33)34)28-21(30)17-10-11-26(5,24(35)36)25(17,3)4/h6-9,14,17-19H,10-13H2,1-5H3,(H,27,29)(H,28,30)(H,31,32)(H,33,34)(H,35,36)/t17-,18+,19+,26+/m1/s1. The van der Waals surface area contributed by atoms with E-state index in [0.29, 0.717) is 18.4 Å². The lowest BCUT2D eigenvalue weighted by atomic mass is 9.65. The molecule has 0 aliphatic heterocycles. The van der Waals surface area contributed by atoms with Gasteiger partial charge in [-0.15, -0.1) is 0 Å². The van der Waals surface area contributed by atoms with Crippen molar-refractivity contribution in [3.05, 3.63) is 35.4 Å². The van der Waals surface area contributed by atoms with Crippen LogP contribution >= 0.6 is 0 Å². The Kier molecular flexibility index (Phi) is 8.88. The molecule has 0 bridgehead atoms. The highest BCUT2D eigenvalue weighted by Gasteiger charge is 2.58. The fourth-order valence-corrected chi connectivity index (χ4v) is 4.78. The van der Waals surface area contributed by atoms with Gasteiger partial charge in [-0.2, -0.15) is 0 Å². The number of amides is 2. The van der Waals surface area contributed by atoms with Gasteiger partial charge in [-0.1, -0.05) is 39.8 Å². The van der Waals surface area contributed by atoms with E-state index in [-0.39, 0.29) is 24.3 Å². The minimum atomic E-state index is -1.24. The minimum absolute atomic E-state index is 0.0442. The fourth-order valence-electron chi connectivity index (χ4n) is 4.78. The maximum Gasteiger partial charge on any atom is 0.326 e. The Bertz CT molecular complexity index is 1020. The fraction of sp³-hybridized carbons (Fsp3) is 0.577. The van der Waals surface area contributed by atoms with Crippen LogP contribution in [0.15, 0.2) is 24.3 Å². The number of nitrogens with one attached hydrogen (secondary N) is 2. The molecule has 0 saturated heterocycles. The summed E-state index contributed by atoms with van der Waals surface area (Å²) in [5.74, 6) is -4.98. The second-order valence-corrected chi connectivity index (χ2v) is 10.7. The van der Waals surface area contributed by atoms with Crippen LogP contribution in [-0.2, 0) is 25.6 Å². The Labute approximate surface area is 210 Å². The van der Waals surface area contributed by atoms with Crippen LogP contribution in [0.25, 0.3) is 0 Å². The molecule has 0 radical (unpaired) electrons. The Hall–Kier alpha value is -3.43. The highest BCUT2D eigenvalue weighted by atomic mass is 16.4. The first-order chi connectivity index (χ1) is 16.6. The third kappa shape index (κ3) is 6.22. The first-order valence-corrected chi connectivity index (χ1v) is 12.0. The molecule has 0 aromatic heterocycles. The zero-order valence-electron chi connectivity index (χ0n) is 21.3. The second kappa shape index (κ2) is 11.1. The molecule has 10 nitrogen and oxygen atoms in total. The third-order valence-electron chi connectivity index (χ3n) is 7.60. The Morgan fingerprint density at radius 1 is 0.917 bits per heavy atom. The molecular weight excluding hydrogens is 468 g/mol. The molecule has 5 N–H and O–H groups in total. The van der Waals surface area contributed by atoms with Gasteiger partial charge in [0.05, 0.1) is 5.41 Å². The number of benzene rings is 1. The van der Waals surface area contributed by atoms with Crippen LogP contribution < -0.4 is 10.6 Å². The van der Waals surface area contributed by atoms with Crippen molar-refractivity contribution in [3.8, 4) is 0 Å². The maximum atomic E-state index is 13.0. The van der Waals surface area contributed by atoms with Gasteiger partial charge in [-0.05, 0) is 55.2 Å². The second-order valence-electron chi connectivity index (χ2n) is 10.7. The van der Waals surface area contributed by atoms with Crippen LogP contribution in [0.5, 0.6) is 0 Å². The van der Waals surface area contributed by atoms with Crippen LogP contribution in [0.1, 0.15) is 69.8 Å². The Morgan fingerprint density at radius 2 is 1.47 bits per heavy atom. The molecule has 0 heterocycles. The average molecular weight is 505 g/mol. The predicted molar refractivity (Wildman–Crippen MR) is 130 cm³/mol. The molecule has 198 valence electrons. The average Bonchev–Trinajstić information content (AvgIpc) is 3.02. The molecule has 36 heavy (non-hydrogen) atoms. The van der Waals surface area contributed by atoms with Crippen molar-refractivity contribution in [2.75, 3.05) is 0 Å². The normalized spacial score (nSPS) is 22.4. The van der Waals surface area contributed by atoms with Crippen LogP contribution in [0.4, 0.5) is 0 Å². The summed E-state index contributed by atoms with van der Waals surface area (Å²) in [5, 5.41) is 33.7. The molecule has 1 saturated carbocycles. The number of hydrogen-bond acceptors (Lipinski definition) is 5. The van der Waals surface area contributed by atoms with Crippen molar-refractivity contribution in [2.24, 2.45) is 22.7 Å². The highest BCUT2D eigenvalue weighted by molar-refractivity contribution is 5.96. The van der Waals surface area contributed by atoms with Crippen LogP contribution in [0, 0.1) is 22.7 Å². The minimum Gasteiger partial charge on any atom is -0.481 e. The number of carbonyl (C=O) groups is 5.